The fourth-order valence-electron chi connectivity index (χ4n) is 5.06. The van der Waals surface area contributed by atoms with Crippen molar-refractivity contribution in [2.75, 3.05) is 19.7 Å². The summed E-state index contributed by atoms with van der Waals surface area (Å²) < 4.78 is 12.4. The number of hydrogen-bond donors (Lipinski definition) is 0. The Morgan fingerprint density at radius 1 is 1.00 bits per heavy atom. The summed E-state index contributed by atoms with van der Waals surface area (Å²) in [7, 11) is 0. The second-order valence-corrected chi connectivity index (χ2v) is 8.99. The van der Waals surface area contributed by atoms with Gasteiger partial charge in [0.2, 0.25) is 0 Å². The number of hydrogen-bond acceptors (Lipinski definition) is 4. The molecule has 5 nitrogen and oxygen atoms in total. The lowest BCUT2D eigenvalue weighted by Gasteiger charge is -2.33. The number of esters is 1. The van der Waals surface area contributed by atoms with Crippen molar-refractivity contribution in [3.05, 3.63) is 71.8 Å². The van der Waals surface area contributed by atoms with E-state index in [1.165, 1.54) is 0 Å². The standard InChI is InChI=1S/C27H33NO4/c1-3-5-17-28-20-26(25(30)31-18-6-4-2)19-27(32-23(26)24(28)29,21-13-9-7-10-14-21)22-15-11-8-12-16-22/h7-16,23H,3-6,17-20H2,1-2H3/t23?,26-/m1/s1. The molecular formula is C27H33NO4. The Morgan fingerprint density at radius 3 is 2.16 bits per heavy atom. The molecule has 0 saturated carbocycles. The second kappa shape index (κ2) is 9.45. The minimum absolute atomic E-state index is 0.0976. The van der Waals surface area contributed by atoms with Crippen molar-refractivity contribution in [1.29, 1.82) is 0 Å². The summed E-state index contributed by atoms with van der Waals surface area (Å²) in [6.45, 7) is 5.53. The van der Waals surface area contributed by atoms with E-state index in [9.17, 15) is 9.59 Å². The Morgan fingerprint density at radius 2 is 1.59 bits per heavy atom. The van der Waals surface area contributed by atoms with E-state index >= 15 is 0 Å². The summed E-state index contributed by atoms with van der Waals surface area (Å²) in [5.74, 6) is -0.406. The van der Waals surface area contributed by atoms with E-state index in [1.807, 2.05) is 60.7 Å². The summed E-state index contributed by atoms with van der Waals surface area (Å²) in [4.78, 5) is 28.8. The number of rotatable bonds is 9. The lowest BCUT2D eigenvalue weighted by molar-refractivity contribution is -0.159. The van der Waals surface area contributed by atoms with Crippen molar-refractivity contribution in [2.45, 2.75) is 57.7 Å². The molecule has 2 aliphatic heterocycles. The van der Waals surface area contributed by atoms with Gasteiger partial charge in [-0.25, -0.2) is 0 Å². The van der Waals surface area contributed by atoms with Gasteiger partial charge in [-0.2, -0.15) is 0 Å². The van der Waals surface area contributed by atoms with Gasteiger partial charge in [-0.3, -0.25) is 9.59 Å². The van der Waals surface area contributed by atoms with Crippen LogP contribution in [0.3, 0.4) is 0 Å². The number of ether oxygens (including phenoxy) is 2. The first kappa shape index (κ1) is 22.5. The molecule has 4 rings (SSSR count). The van der Waals surface area contributed by atoms with Gasteiger partial charge in [-0.15, -0.1) is 0 Å². The van der Waals surface area contributed by atoms with E-state index in [0.29, 0.717) is 26.1 Å². The summed E-state index contributed by atoms with van der Waals surface area (Å²) >= 11 is 0. The highest BCUT2D eigenvalue weighted by Crippen LogP contribution is 2.56. The molecule has 0 aromatic heterocycles. The maximum absolute atomic E-state index is 13.6. The van der Waals surface area contributed by atoms with Crippen LogP contribution in [0.4, 0.5) is 0 Å². The number of carbonyl (C=O) groups is 2. The van der Waals surface area contributed by atoms with Gasteiger partial charge >= 0.3 is 5.97 Å². The minimum Gasteiger partial charge on any atom is -0.465 e. The molecular weight excluding hydrogens is 402 g/mol. The summed E-state index contributed by atoms with van der Waals surface area (Å²) in [6, 6.07) is 19.9. The van der Waals surface area contributed by atoms with Crippen LogP contribution in [0.2, 0.25) is 0 Å². The van der Waals surface area contributed by atoms with Crippen molar-refractivity contribution in [3.63, 3.8) is 0 Å². The van der Waals surface area contributed by atoms with Gasteiger partial charge in [0.25, 0.3) is 5.91 Å². The Labute approximate surface area is 190 Å². The van der Waals surface area contributed by atoms with Crippen molar-refractivity contribution in [1.82, 2.24) is 4.90 Å². The molecule has 0 bridgehead atoms. The summed E-state index contributed by atoms with van der Waals surface area (Å²) in [5, 5.41) is 0. The zero-order valence-corrected chi connectivity index (χ0v) is 19.1. The van der Waals surface area contributed by atoms with Crippen molar-refractivity contribution >= 4 is 11.9 Å². The van der Waals surface area contributed by atoms with E-state index < -0.39 is 17.1 Å². The lowest BCUT2D eigenvalue weighted by atomic mass is 9.73. The van der Waals surface area contributed by atoms with Crippen molar-refractivity contribution < 1.29 is 19.1 Å². The lowest BCUT2D eigenvalue weighted by Crippen LogP contribution is -2.41. The first-order chi connectivity index (χ1) is 15.6. The number of unbranched alkanes of at least 4 members (excludes halogenated alkanes) is 2. The van der Waals surface area contributed by atoms with E-state index in [1.54, 1.807) is 4.90 Å². The molecule has 2 fully saturated rings. The fraction of sp³-hybridized carbons (Fsp3) is 0.481. The number of amides is 1. The quantitative estimate of drug-likeness (QED) is 0.424. The molecule has 2 heterocycles. The van der Waals surface area contributed by atoms with Gasteiger partial charge in [0, 0.05) is 19.5 Å². The molecule has 0 radical (unpaired) electrons. The van der Waals surface area contributed by atoms with Crippen molar-refractivity contribution in [3.8, 4) is 0 Å². The Balaban J connectivity index is 1.77. The average Bonchev–Trinajstić information content (AvgIpc) is 3.32. The highest BCUT2D eigenvalue weighted by Gasteiger charge is 2.69. The number of nitrogens with zero attached hydrogens (tertiary/aromatic N) is 1. The largest absolute Gasteiger partial charge is 0.465 e. The highest BCUT2D eigenvalue weighted by atomic mass is 16.6. The van der Waals surface area contributed by atoms with Gasteiger partial charge in [-0.1, -0.05) is 87.4 Å². The molecule has 1 amide bonds. The van der Waals surface area contributed by atoms with Gasteiger partial charge in [-0.05, 0) is 24.0 Å². The van der Waals surface area contributed by atoms with Crippen molar-refractivity contribution in [2.24, 2.45) is 5.41 Å². The Kier molecular flexibility index (Phi) is 6.66. The van der Waals surface area contributed by atoms with Crippen LogP contribution in [0.25, 0.3) is 0 Å². The number of likely N-dealkylation sites (tertiary alicyclic amines) is 1. The van der Waals surface area contributed by atoms with Gasteiger partial charge in [0.05, 0.1) is 6.61 Å². The SMILES string of the molecule is CCCCOC(=O)[C@]12CN(CCCC)C(=O)C1OC(c1ccccc1)(c1ccccc1)C2. The predicted molar refractivity (Wildman–Crippen MR) is 123 cm³/mol. The molecule has 2 saturated heterocycles. The summed E-state index contributed by atoms with van der Waals surface area (Å²) in [6.07, 6.45) is 3.19. The molecule has 2 aliphatic rings. The van der Waals surface area contributed by atoms with Gasteiger partial charge < -0.3 is 14.4 Å². The monoisotopic (exact) mass is 435 g/mol. The number of benzene rings is 2. The fourth-order valence-corrected chi connectivity index (χ4v) is 5.06. The van der Waals surface area contributed by atoms with Crippen LogP contribution < -0.4 is 0 Å². The average molecular weight is 436 g/mol. The zero-order chi connectivity index (χ0) is 22.6. The van der Waals surface area contributed by atoms with Crippen LogP contribution in [0.15, 0.2) is 60.7 Å². The molecule has 0 N–H and O–H groups in total. The molecule has 0 spiro atoms. The topological polar surface area (TPSA) is 55.8 Å². The smallest absolute Gasteiger partial charge is 0.317 e. The maximum atomic E-state index is 13.6. The van der Waals surface area contributed by atoms with E-state index in [0.717, 1.165) is 36.8 Å². The van der Waals surface area contributed by atoms with Gasteiger partial charge in [0.15, 0.2) is 6.10 Å². The molecule has 32 heavy (non-hydrogen) atoms. The van der Waals surface area contributed by atoms with Crippen LogP contribution >= 0.6 is 0 Å². The Bertz CT molecular complexity index is 890. The zero-order valence-electron chi connectivity index (χ0n) is 19.1. The maximum Gasteiger partial charge on any atom is 0.317 e. The van der Waals surface area contributed by atoms with Crippen LogP contribution in [-0.4, -0.2) is 42.6 Å². The molecule has 5 heteroatoms. The third-order valence-corrected chi connectivity index (χ3v) is 6.79. The van der Waals surface area contributed by atoms with E-state index in [4.69, 9.17) is 9.47 Å². The highest BCUT2D eigenvalue weighted by molar-refractivity contribution is 5.95. The van der Waals surface area contributed by atoms with E-state index in [-0.39, 0.29) is 11.9 Å². The first-order valence-electron chi connectivity index (χ1n) is 11.8. The Hall–Kier alpha value is -2.66. The van der Waals surface area contributed by atoms with Gasteiger partial charge in [0.1, 0.15) is 11.0 Å². The molecule has 2 aromatic carbocycles. The van der Waals surface area contributed by atoms with Crippen LogP contribution in [0.1, 0.15) is 57.1 Å². The van der Waals surface area contributed by atoms with E-state index in [2.05, 4.69) is 13.8 Å². The predicted octanol–water partition coefficient (Wildman–Crippen LogP) is 4.69. The summed E-state index contributed by atoms with van der Waals surface area (Å²) in [5.41, 5.74) is 0.0248. The van der Waals surface area contributed by atoms with Crippen LogP contribution in [0, 0.1) is 5.41 Å². The molecule has 170 valence electrons. The number of carbonyl (C=O) groups excluding carboxylic acids is 2. The third kappa shape index (κ3) is 3.83. The molecule has 0 aliphatic carbocycles. The third-order valence-electron chi connectivity index (χ3n) is 6.79. The first-order valence-corrected chi connectivity index (χ1v) is 11.8. The normalized spacial score (nSPS) is 23.9. The second-order valence-electron chi connectivity index (χ2n) is 8.99. The molecule has 2 atom stereocenters. The molecule has 2 aromatic rings. The molecule has 1 unspecified atom stereocenters. The van der Waals surface area contributed by atoms with Crippen LogP contribution in [-0.2, 0) is 24.7 Å². The van der Waals surface area contributed by atoms with Crippen LogP contribution in [0.5, 0.6) is 0 Å². The number of fused-ring (bicyclic) bond motifs is 1. The minimum atomic E-state index is -1.01.